The molecule has 3 heterocycles. The molecule has 1 unspecified atom stereocenters. The molecule has 2 aromatic carbocycles. The molecule has 3 aromatic heterocycles. The summed E-state index contributed by atoms with van der Waals surface area (Å²) in [6.45, 7) is 1.56. The first-order valence-electron chi connectivity index (χ1n) is 12.8. The van der Waals surface area contributed by atoms with Crippen molar-refractivity contribution in [2.75, 3.05) is 25.8 Å². The number of halogens is 1. The van der Waals surface area contributed by atoms with Crippen LogP contribution in [0.4, 0.5) is 10.3 Å². The molecule has 0 saturated carbocycles. The Balaban J connectivity index is 1.30. The molecule has 226 valence electrons. The van der Waals surface area contributed by atoms with Gasteiger partial charge in [0.05, 0.1) is 26.7 Å². The van der Waals surface area contributed by atoms with E-state index in [1.165, 1.54) is 25.6 Å². The number of aromatic amines is 1. The summed E-state index contributed by atoms with van der Waals surface area (Å²) in [5.41, 5.74) is 7.48. The number of nitrogens with zero attached hydrogens (tertiary/aromatic N) is 3. The van der Waals surface area contributed by atoms with Crippen LogP contribution in [0.25, 0.3) is 22.5 Å². The van der Waals surface area contributed by atoms with E-state index in [1.807, 2.05) is 31.2 Å². The minimum atomic E-state index is -3.99. The molecule has 43 heavy (non-hydrogen) atoms. The van der Waals surface area contributed by atoms with Gasteiger partial charge in [0.1, 0.15) is 13.0 Å². The van der Waals surface area contributed by atoms with Crippen molar-refractivity contribution in [1.82, 2.24) is 19.5 Å². The number of H-pyrrole nitrogens is 1. The minimum Gasteiger partial charge on any atom is -0.494 e. The van der Waals surface area contributed by atoms with Gasteiger partial charge in [-0.2, -0.15) is 4.98 Å². The zero-order valence-corrected chi connectivity index (χ0v) is 24.0. The fraction of sp³-hybridized carbons (Fsp3) is 0.259. The number of hydrogen-bond donors (Lipinski definition) is 2. The highest BCUT2D eigenvalue weighted by Gasteiger charge is 2.28. The number of methoxy groups -OCH3 is 1. The van der Waals surface area contributed by atoms with Crippen LogP contribution in [0.1, 0.15) is 16.9 Å². The van der Waals surface area contributed by atoms with Crippen molar-refractivity contribution < 1.29 is 36.3 Å². The number of nitrogen functional groups attached to an aromatic ring is 1. The van der Waals surface area contributed by atoms with E-state index in [4.69, 9.17) is 33.1 Å². The lowest BCUT2D eigenvalue weighted by Gasteiger charge is -2.18. The summed E-state index contributed by atoms with van der Waals surface area (Å²) in [6, 6.07) is 11.3. The number of nitrogens with two attached hydrogens (primary N) is 1. The van der Waals surface area contributed by atoms with Gasteiger partial charge in [-0.1, -0.05) is 29.8 Å². The van der Waals surface area contributed by atoms with E-state index in [-0.39, 0.29) is 59.7 Å². The maximum absolute atomic E-state index is 14.3. The third-order valence-corrected chi connectivity index (χ3v) is 7.76. The van der Waals surface area contributed by atoms with Crippen LogP contribution in [-0.4, -0.2) is 39.6 Å². The molecule has 0 saturated heterocycles. The van der Waals surface area contributed by atoms with Crippen molar-refractivity contribution >= 4 is 24.7 Å². The standard InChI is InChI=1S/C27H27FN5O9P/c1-16-3-5-17(6-4-16)12-39-43(36,15-38-10-9-33-14-30-22-24(33)31-26(29)32-25(22)34)40-13-21-23(42-27(35)41-21)18-7-8-20(37-2)19(28)11-18/h3-8,11,14H,9-10,12-13,15H2,1-2H3,(H3,29,31,32,34). The predicted octanol–water partition coefficient (Wildman–Crippen LogP) is 3.97. The van der Waals surface area contributed by atoms with Gasteiger partial charge in [-0.25, -0.2) is 14.2 Å². The first-order chi connectivity index (χ1) is 20.6. The summed E-state index contributed by atoms with van der Waals surface area (Å²) in [7, 11) is -2.68. The molecule has 0 amide bonds. The number of aryl methyl sites for hydroxylation is 1. The van der Waals surface area contributed by atoms with Crippen LogP contribution in [0, 0.1) is 12.7 Å². The second-order valence-corrected chi connectivity index (χ2v) is 11.3. The second-order valence-electron chi connectivity index (χ2n) is 9.30. The number of nitrogens with one attached hydrogen (secondary N) is 1. The lowest BCUT2D eigenvalue weighted by molar-refractivity contribution is 0.114. The monoisotopic (exact) mass is 615 g/mol. The molecule has 1 atom stereocenters. The first kappa shape index (κ1) is 29.9. The molecular formula is C27H27FN5O9P. The molecule has 0 spiro atoms. The average Bonchev–Trinajstić information content (AvgIpc) is 3.57. The van der Waals surface area contributed by atoms with Gasteiger partial charge < -0.3 is 33.1 Å². The third-order valence-electron chi connectivity index (χ3n) is 6.22. The van der Waals surface area contributed by atoms with Gasteiger partial charge >= 0.3 is 13.4 Å². The molecule has 5 aromatic rings. The normalized spacial score (nSPS) is 12.9. The number of ether oxygens (including phenoxy) is 2. The minimum absolute atomic E-state index is 0.00621. The van der Waals surface area contributed by atoms with Crippen LogP contribution in [0.5, 0.6) is 5.75 Å². The van der Waals surface area contributed by atoms with Crippen LogP contribution in [0.2, 0.25) is 0 Å². The summed E-state index contributed by atoms with van der Waals surface area (Å²) in [5.74, 6) is -2.06. The maximum Gasteiger partial charge on any atom is 0.519 e. The topological polar surface area (TPSA) is 187 Å². The lowest BCUT2D eigenvalue weighted by Crippen LogP contribution is -2.13. The molecule has 0 fully saturated rings. The number of fused-ring (bicyclic) bond motifs is 1. The van der Waals surface area contributed by atoms with Crippen molar-refractivity contribution in [1.29, 1.82) is 0 Å². The molecule has 14 nitrogen and oxygen atoms in total. The average molecular weight is 616 g/mol. The van der Waals surface area contributed by atoms with Gasteiger partial charge in [0.2, 0.25) is 5.95 Å². The molecule has 5 rings (SSSR count). The second kappa shape index (κ2) is 12.8. The lowest BCUT2D eigenvalue weighted by atomic mass is 10.1. The molecule has 0 aliphatic rings. The molecule has 0 radical (unpaired) electrons. The van der Waals surface area contributed by atoms with Crippen molar-refractivity contribution in [2.45, 2.75) is 26.7 Å². The Labute approximate surface area is 242 Å². The summed E-state index contributed by atoms with van der Waals surface area (Å²) < 4.78 is 61.8. The van der Waals surface area contributed by atoms with E-state index >= 15 is 0 Å². The molecule has 3 N–H and O–H groups in total. The quantitative estimate of drug-likeness (QED) is 0.144. The number of benzene rings is 2. The highest BCUT2D eigenvalue weighted by atomic mass is 31.2. The third kappa shape index (κ3) is 7.09. The van der Waals surface area contributed by atoms with E-state index in [1.54, 1.807) is 4.57 Å². The van der Waals surface area contributed by atoms with Crippen LogP contribution < -0.4 is 21.9 Å². The number of aromatic nitrogens is 4. The van der Waals surface area contributed by atoms with Crippen molar-refractivity contribution in [2.24, 2.45) is 0 Å². The van der Waals surface area contributed by atoms with Crippen LogP contribution in [0.15, 0.2) is 67.2 Å². The molecule has 16 heteroatoms. The van der Waals surface area contributed by atoms with Crippen LogP contribution in [-0.2, 0) is 38.1 Å². The van der Waals surface area contributed by atoms with Gasteiger partial charge in [0.15, 0.2) is 34.3 Å². The fourth-order valence-electron chi connectivity index (χ4n) is 4.03. The highest BCUT2D eigenvalue weighted by Crippen LogP contribution is 2.50. The van der Waals surface area contributed by atoms with E-state index in [0.29, 0.717) is 0 Å². The Morgan fingerprint density at radius 2 is 1.86 bits per heavy atom. The Kier molecular flexibility index (Phi) is 8.87. The first-order valence-corrected chi connectivity index (χ1v) is 14.6. The molecule has 0 bridgehead atoms. The molecular weight excluding hydrogens is 588 g/mol. The summed E-state index contributed by atoms with van der Waals surface area (Å²) in [6.07, 6.45) is 0.931. The smallest absolute Gasteiger partial charge is 0.494 e. The SMILES string of the molecule is COc1ccc(-c2oc(=O)oc2COP(=O)(COCCn2cnc3c(=O)[nH]c(N)nc32)OCc2ccc(C)cc2)cc1F. The molecule has 0 aliphatic heterocycles. The van der Waals surface area contributed by atoms with E-state index < -0.39 is 37.7 Å². The van der Waals surface area contributed by atoms with E-state index in [9.17, 15) is 18.5 Å². The van der Waals surface area contributed by atoms with Crippen molar-refractivity contribution in [3.63, 3.8) is 0 Å². The number of rotatable bonds is 13. The number of hydrogen-bond acceptors (Lipinski definition) is 12. The number of anilines is 1. The maximum atomic E-state index is 14.3. The summed E-state index contributed by atoms with van der Waals surface area (Å²) in [5, 5.41) is 0. The number of imidazole rings is 1. The zero-order valence-electron chi connectivity index (χ0n) is 23.1. The fourth-order valence-corrected chi connectivity index (χ4v) is 5.27. The highest BCUT2D eigenvalue weighted by molar-refractivity contribution is 7.53. The van der Waals surface area contributed by atoms with Gasteiger partial charge in [-0.15, -0.1) is 0 Å². The van der Waals surface area contributed by atoms with Gasteiger partial charge in [0.25, 0.3) is 5.56 Å². The van der Waals surface area contributed by atoms with E-state index in [0.717, 1.165) is 17.2 Å². The Morgan fingerprint density at radius 3 is 2.60 bits per heavy atom. The Morgan fingerprint density at radius 1 is 1.09 bits per heavy atom. The van der Waals surface area contributed by atoms with Gasteiger partial charge in [0, 0.05) is 12.1 Å². The van der Waals surface area contributed by atoms with Crippen molar-refractivity contribution in [3.05, 3.63) is 92.5 Å². The summed E-state index contributed by atoms with van der Waals surface area (Å²) >= 11 is 0. The van der Waals surface area contributed by atoms with Crippen LogP contribution >= 0.6 is 7.60 Å². The predicted molar refractivity (Wildman–Crippen MR) is 151 cm³/mol. The van der Waals surface area contributed by atoms with Crippen LogP contribution in [0.3, 0.4) is 0 Å². The zero-order chi connectivity index (χ0) is 30.6. The van der Waals surface area contributed by atoms with Gasteiger partial charge in [-0.3, -0.25) is 18.9 Å². The van der Waals surface area contributed by atoms with E-state index in [2.05, 4.69) is 15.0 Å². The van der Waals surface area contributed by atoms with Gasteiger partial charge in [-0.05, 0) is 30.7 Å². The Bertz CT molecular complexity index is 1900. The van der Waals surface area contributed by atoms with Crippen molar-refractivity contribution in [3.8, 4) is 17.1 Å². The Hall–Kier alpha value is -4.56. The molecule has 0 aliphatic carbocycles. The summed E-state index contributed by atoms with van der Waals surface area (Å²) in [4.78, 5) is 34.5. The largest absolute Gasteiger partial charge is 0.519 e.